The van der Waals surface area contributed by atoms with Crippen LogP contribution in [0.4, 0.5) is 8.78 Å². The van der Waals surface area contributed by atoms with Crippen LogP contribution in [0.1, 0.15) is 30.8 Å². The molecule has 4 nitrogen and oxygen atoms in total. The quantitative estimate of drug-likeness (QED) is 0.885. The second-order valence-electron chi connectivity index (χ2n) is 4.41. The van der Waals surface area contributed by atoms with Crippen LogP contribution in [0.2, 0.25) is 0 Å². The van der Waals surface area contributed by atoms with Crippen LogP contribution in [0.5, 0.6) is 5.75 Å². The highest BCUT2D eigenvalue weighted by molar-refractivity contribution is 5.33. The van der Waals surface area contributed by atoms with Crippen molar-refractivity contribution >= 4 is 0 Å². The summed E-state index contributed by atoms with van der Waals surface area (Å²) in [6.07, 6.45) is 4.51. The van der Waals surface area contributed by atoms with Crippen LogP contribution in [0.25, 0.3) is 0 Å². The molecular formula is C14H17F2N3O. The van der Waals surface area contributed by atoms with Gasteiger partial charge in [0, 0.05) is 18.9 Å². The van der Waals surface area contributed by atoms with Crippen molar-refractivity contribution in [2.75, 3.05) is 0 Å². The molecule has 1 aromatic carbocycles. The summed E-state index contributed by atoms with van der Waals surface area (Å²) in [5, 5.41) is 0. The van der Waals surface area contributed by atoms with Gasteiger partial charge < -0.3 is 15.0 Å². The molecule has 0 bridgehead atoms. The third-order valence-corrected chi connectivity index (χ3v) is 2.93. The molecule has 0 amide bonds. The molecule has 0 aliphatic carbocycles. The van der Waals surface area contributed by atoms with E-state index in [2.05, 4.69) is 16.6 Å². The number of hydrogen-bond donors (Lipinski definition) is 1. The highest BCUT2D eigenvalue weighted by Gasteiger charge is 2.15. The van der Waals surface area contributed by atoms with Gasteiger partial charge in [-0.05, 0) is 24.1 Å². The van der Waals surface area contributed by atoms with E-state index in [1.165, 1.54) is 12.1 Å². The molecule has 1 unspecified atom stereocenters. The van der Waals surface area contributed by atoms with Gasteiger partial charge in [-0.1, -0.05) is 19.1 Å². The number of rotatable bonds is 6. The van der Waals surface area contributed by atoms with Crippen LogP contribution in [0, 0.1) is 0 Å². The summed E-state index contributed by atoms with van der Waals surface area (Å²) in [7, 11) is 0. The van der Waals surface area contributed by atoms with Crippen molar-refractivity contribution in [3.63, 3.8) is 0 Å². The summed E-state index contributed by atoms with van der Waals surface area (Å²) in [4.78, 5) is 4.25. The molecule has 1 aromatic heterocycles. The minimum Gasteiger partial charge on any atom is -0.435 e. The van der Waals surface area contributed by atoms with E-state index < -0.39 is 12.7 Å². The van der Waals surface area contributed by atoms with E-state index in [0.717, 1.165) is 13.0 Å². The topological polar surface area (TPSA) is 53.1 Å². The minimum absolute atomic E-state index is 0.0987. The zero-order valence-corrected chi connectivity index (χ0v) is 11.2. The third kappa shape index (κ3) is 3.33. The molecule has 1 atom stereocenters. The Balaban J connectivity index is 2.23. The molecule has 2 rings (SSSR count). The lowest BCUT2D eigenvalue weighted by atomic mass is 10.1. The number of nitrogens with zero attached hydrogens (tertiary/aromatic N) is 2. The normalized spacial score (nSPS) is 12.7. The first-order valence-corrected chi connectivity index (χ1v) is 6.43. The van der Waals surface area contributed by atoms with Gasteiger partial charge in [0.1, 0.15) is 11.6 Å². The van der Waals surface area contributed by atoms with Gasteiger partial charge in [-0.25, -0.2) is 4.98 Å². The standard InChI is InChI=1S/C14H17F2N3O/c1-2-7-19-8-6-18-13(19)12(17)10-4-3-5-11(9-10)20-14(15)16/h3-6,8-9,12,14H,2,7,17H2,1H3. The summed E-state index contributed by atoms with van der Waals surface area (Å²) < 4.78 is 30.8. The zero-order chi connectivity index (χ0) is 14.5. The number of ether oxygens (including phenoxy) is 1. The number of aromatic nitrogens is 2. The lowest BCUT2D eigenvalue weighted by Gasteiger charge is -2.15. The smallest absolute Gasteiger partial charge is 0.387 e. The van der Waals surface area contributed by atoms with Gasteiger partial charge in [0.15, 0.2) is 0 Å². The van der Waals surface area contributed by atoms with Gasteiger partial charge in [0.25, 0.3) is 0 Å². The van der Waals surface area contributed by atoms with Crippen molar-refractivity contribution in [1.82, 2.24) is 9.55 Å². The maximum atomic E-state index is 12.2. The Hall–Kier alpha value is -1.95. The lowest BCUT2D eigenvalue weighted by Crippen LogP contribution is -2.18. The molecule has 0 saturated heterocycles. The summed E-state index contributed by atoms with van der Waals surface area (Å²) in [5.74, 6) is 0.808. The number of halogens is 2. The van der Waals surface area contributed by atoms with Crippen LogP contribution in [0.3, 0.4) is 0 Å². The SMILES string of the molecule is CCCn1ccnc1C(N)c1cccc(OC(F)F)c1. The van der Waals surface area contributed by atoms with E-state index in [1.807, 2.05) is 10.8 Å². The van der Waals surface area contributed by atoms with Gasteiger partial charge >= 0.3 is 6.61 Å². The third-order valence-electron chi connectivity index (χ3n) is 2.93. The summed E-state index contributed by atoms with van der Waals surface area (Å²) in [6.45, 7) is 0.0337. The van der Waals surface area contributed by atoms with Crippen molar-refractivity contribution in [2.24, 2.45) is 5.73 Å². The fraction of sp³-hybridized carbons (Fsp3) is 0.357. The van der Waals surface area contributed by atoms with E-state index in [9.17, 15) is 8.78 Å². The van der Waals surface area contributed by atoms with Gasteiger partial charge in [0.2, 0.25) is 0 Å². The van der Waals surface area contributed by atoms with E-state index in [-0.39, 0.29) is 5.75 Å². The van der Waals surface area contributed by atoms with Gasteiger partial charge in [-0.3, -0.25) is 0 Å². The molecule has 1 heterocycles. The molecule has 2 aromatic rings. The lowest BCUT2D eigenvalue weighted by molar-refractivity contribution is -0.0498. The Morgan fingerprint density at radius 3 is 2.90 bits per heavy atom. The Kier molecular flexibility index (Phi) is 4.68. The van der Waals surface area contributed by atoms with Crippen molar-refractivity contribution in [3.05, 3.63) is 48.0 Å². The van der Waals surface area contributed by atoms with Gasteiger partial charge in [0.05, 0.1) is 6.04 Å². The van der Waals surface area contributed by atoms with Crippen LogP contribution < -0.4 is 10.5 Å². The first-order chi connectivity index (χ1) is 9.61. The average molecular weight is 281 g/mol. The summed E-state index contributed by atoms with van der Waals surface area (Å²) in [6, 6.07) is 5.93. The number of benzene rings is 1. The fourth-order valence-corrected chi connectivity index (χ4v) is 2.06. The number of imidazole rings is 1. The molecule has 0 spiro atoms. The number of alkyl halides is 2. The average Bonchev–Trinajstić information content (AvgIpc) is 2.86. The molecule has 0 aliphatic heterocycles. The van der Waals surface area contributed by atoms with Crippen LogP contribution in [-0.2, 0) is 6.54 Å². The van der Waals surface area contributed by atoms with Gasteiger partial charge in [-0.15, -0.1) is 0 Å². The molecule has 6 heteroatoms. The highest BCUT2D eigenvalue weighted by Crippen LogP contribution is 2.23. The van der Waals surface area contributed by atoms with E-state index in [0.29, 0.717) is 11.4 Å². The molecule has 0 aliphatic rings. The first-order valence-electron chi connectivity index (χ1n) is 6.43. The molecular weight excluding hydrogens is 264 g/mol. The van der Waals surface area contributed by atoms with E-state index >= 15 is 0 Å². The second kappa shape index (κ2) is 6.47. The first kappa shape index (κ1) is 14.5. The highest BCUT2D eigenvalue weighted by atomic mass is 19.3. The zero-order valence-electron chi connectivity index (χ0n) is 11.2. The van der Waals surface area contributed by atoms with E-state index in [1.54, 1.807) is 18.3 Å². The monoisotopic (exact) mass is 281 g/mol. The second-order valence-corrected chi connectivity index (χ2v) is 4.41. The largest absolute Gasteiger partial charge is 0.435 e. The Morgan fingerprint density at radius 1 is 1.40 bits per heavy atom. The molecule has 108 valence electrons. The van der Waals surface area contributed by atoms with Crippen LogP contribution >= 0.6 is 0 Å². The predicted molar refractivity (Wildman–Crippen MR) is 71.6 cm³/mol. The Labute approximate surface area is 116 Å². The molecule has 0 fully saturated rings. The maximum absolute atomic E-state index is 12.2. The number of aryl methyl sites for hydroxylation is 1. The summed E-state index contributed by atoms with van der Waals surface area (Å²) in [5.41, 5.74) is 6.85. The summed E-state index contributed by atoms with van der Waals surface area (Å²) >= 11 is 0. The minimum atomic E-state index is -2.84. The Bertz CT molecular complexity index is 557. The predicted octanol–water partition coefficient (Wildman–Crippen LogP) is 2.94. The number of nitrogens with two attached hydrogens (primary N) is 1. The fourth-order valence-electron chi connectivity index (χ4n) is 2.06. The van der Waals surface area contributed by atoms with E-state index in [4.69, 9.17) is 5.73 Å². The Morgan fingerprint density at radius 2 is 2.20 bits per heavy atom. The van der Waals surface area contributed by atoms with Crippen molar-refractivity contribution in [2.45, 2.75) is 32.5 Å². The molecule has 20 heavy (non-hydrogen) atoms. The maximum Gasteiger partial charge on any atom is 0.387 e. The number of hydrogen-bond acceptors (Lipinski definition) is 3. The van der Waals surface area contributed by atoms with Crippen LogP contribution in [-0.4, -0.2) is 16.2 Å². The van der Waals surface area contributed by atoms with Crippen molar-refractivity contribution in [1.29, 1.82) is 0 Å². The molecule has 0 radical (unpaired) electrons. The molecule has 2 N–H and O–H groups in total. The van der Waals surface area contributed by atoms with Gasteiger partial charge in [-0.2, -0.15) is 8.78 Å². The molecule has 0 saturated carbocycles. The van der Waals surface area contributed by atoms with Crippen LogP contribution in [0.15, 0.2) is 36.7 Å². The van der Waals surface area contributed by atoms with Crippen molar-refractivity contribution < 1.29 is 13.5 Å². The van der Waals surface area contributed by atoms with Crippen molar-refractivity contribution in [3.8, 4) is 5.75 Å².